The van der Waals surface area contributed by atoms with Gasteiger partial charge in [-0.25, -0.2) is 8.78 Å². The van der Waals surface area contributed by atoms with Crippen molar-refractivity contribution in [3.63, 3.8) is 0 Å². The highest BCUT2D eigenvalue weighted by Gasteiger charge is 2.26. The van der Waals surface area contributed by atoms with Crippen LogP contribution in [0, 0.1) is 11.6 Å². The smallest absolute Gasteiger partial charge is 0.312 e. The molecule has 0 spiro atoms. The second-order valence-corrected chi connectivity index (χ2v) is 3.26. The molecule has 1 atom stereocenters. The first kappa shape index (κ1) is 11.9. The van der Waals surface area contributed by atoms with E-state index in [1.165, 1.54) is 0 Å². The van der Waals surface area contributed by atoms with Crippen LogP contribution in [0.3, 0.4) is 0 Å². The number of carboxylic acid groups (broad SMARTS) is 1. The van der Waals surface area contributed by atoms with Gasteiger partial charge >= 0.3 is 5.97 Å². The second-order valence-electron chi connectivity index (χ2n) is 2.88. The van der Waals surface area contributed by atoms with Gasteiger partial charge in [-0.2, -0.15) is 0 Å². The van der Waals surface area contributed by atoms with Gasteiger partial charge in [0.05, 0.1) is 10.9 Å². The third kappa shape index (κ3) is 2.24. The quantitative estimate of drug-likeness (QED) is 0.785. The van der Waals surface area contributed by atoms with Gasteiger partial charge < -0.3 is 10.8 Å². The first-order valence-electron chi connectivity index (χ1n) is 4.05. The van der Waals surface area contributed by atoms with Crippen LogP contribution in [0.1, 0.15) is 11.5 Å². The number of aliphatic carboxylic acids is 1. The van der Waals surface area contributed by atoms with E-state index >= 15 is 0 Å². The van der Waals surface area contributed by atoms with E-state index in [0.717, 1.165) is 12.1 Å². The van der Waals surface area contributed by atoms with Crippen molar-refractivity contribution in [1.29, 1.82) is 0 Å². The molecule has 1 rings (SSSR count). The zero-order chi connectivity index (χ0) is 11.6. The minimum absolute atomic E-state index is 0.352. The van der Waals surface area contributed by atoms with E-state index in [9.17, 15) is 13.6 Å². The predicted molar refractivity (Wildman–Crippen MR) is 50.8 cm³/mol. The lowest BCUT2D eigenvalue weighted by atomic mass is 9.98. The number of carboxylic acids is 1. The van der Waals surface area contributed by atoms with Crippen LogP contribution in [0.4, 0.5) is 8.78 Å². The lowest BCUT2D eigenvalue weighted by Gasteiger charge is -2.13. The molecule has 15 heavy (non-hydrogen) atoms. The van der Waals surface area contributed by atoms with Crippen LogP contribution in [0.15, 0.2) is 12.1 Å². The van der Waals surface area contributed by atoms with Crippen LogP contribution in [0.5, 0.6) is 0 Å². The van der Waals surface area contributed by atoms with Gasteiger partial charge in [0, 0.05) is 12.1 Å². The van der Waals surface area contributed by atoms with Crippen molar-refractivity contribution in [3.8, 4) is 0 Å². The number of nitrogens with two attached hydrogens (primary N) is 1. The van der Waals surface area contributed by atoms with Crippen molar-refractivity contribution < 1.29 is 18.7 Å². The average Bonchev–Trinajstić information content (AvgIpc) is 2.18. The van der Waals surface area contributed by atoms with Crippen molar-refractivity contribution in [2.45, 2.75) is 5.92 Å². The van der Waals surface area contributed by atoms with Crippen LogP contribution in [0.25, 0.3) is 0 Å². The summed E-state index contributed by atoms with van der Waals surface area (Å²) < 4.78 is 26.2. The molecule has 6 heteroatoms. The average molecular weight is 236 g/mol. The Balaban J connectivity index is 3.34. The van der Waals surface area contributed by atoms with Gasteiger partial charge in [-0.05, 0) is 12.1 Å². The molecule has 1 aromatic carbocycles. The summed E-state index contributed by atoms with van der Waals surface area (Å²) in [5.74, 6) is -4.43. The summed E-state index contributed by atoms with van der Waals surface area (Å²) in [6.07, 6.45) is 0. The highest BCUT2D eigenvalue weighted by atomic mass is 35.5. The fraction of sp³-hybridized carbons (Fsp3) is 0.222. The molecule has 0 amide bonds. The number of hydrogen-bond acceptors (Lipinski definition) is 2. The molecule has 1 unspecified atom stereocenters. The number of benzene rings is 1. The maximum absolute atomic E-state index is 13.3. The van der Waals surface area contributed by atoms with Crippen molar-refractivity contribution in [3.05, 3.63) is 34.4 Å². The SMILES string of the molecule is NCC(C(=O)O)c1c(F)ccc(F)c1Cl. The van der Waals surface area contributed by atoms with Gasteiger partial charge in [0.2, 0.25) is 0 Å². The third-order valence-electron chi connectivity index (χ3n) is 1.96. The Morgan fingerprint density at radius 1 is 1.47 bits per heavy atom. The Morgan fingerprint density at radius 2 is 2.00 bits per heavy atom. The summed E-state index contributed by atoms with van der Waals surface area (Å²) in [5.41, 5.74) is 4.75. The molecule has 0 aliphatic carbocycles. The number of carbonyl (C=O) groups is 1. The topological polar surface area (TPSA) is 63.3 Å². The number of rotatable bonds is 3. The molecule has 0 bridgehead atoms. The molecule has 0 heterocycles. The van der Waals surface area contributed by atoms with Crippen LogP contribution < -0.4 is 5.73 Å². The first-order valence-corrected chi connectivity index (χ1v) is 4.43. The van der Waals surface area contributed by atoms with Crippen LogP contribution in [-0.2, 0) is 4.79 Å². The van der Waals surface area contributed by atoms with Gasteiger partial charge in [0.15, 0.2) is 0 Å². The Bertz CT molecular complexity index is 398. The molecular weight excluding hydrogens is 228 g/mol. The fourth-order valence-corrected chi connectivity index (χ4v) is 1.49. The normalized spacial score (nSPS) is 12.5. The van der Waals surface area contributed by atoms with Crippen LogP contribution >= 0.6 is 11.6 Å². The second kappa shape index (κ2) is 4.55. The van der Waals surface area contributed by atoms with Crippen LogP contribution in [-0.4, -0.2) is 17.6 Å². The third-order valence-corrected chi connectivity index (χ3v) is 2.35. The van der Waals surface area contributed by atoms with E-state index in [-0.39, 0.29) is 6.54 Å². The summed E-state index contributed by atoms with van der Waals surface area (Å²) in [7, 11) is 0. The molecular formula is C9H8ClF2NO2. The van der Waals surface area contributed by atoms with Gasteiger partial charge in [0.25, 0.3) is 0 Å². The molecule has 82 valence electrons. The van der Waals surface area contributed by atoms with Crippen molar-refractivity contribution >= 4 is 17.6 Å². The molecule has 0 saturated heterocycles. The Labute approximate surface area is 89.5 Å². The first-order chi connectivity index (χ1) is 6.99. The van der Waals surface area contributed by atoms with E-state index in [1.807, 2.05) is 0 Å². The van der Waals surface area contributed by atoms with E-state index in [0.29, 0.717) is 0 Å². The molecule has 0 saturated carbocycles. The highest BCUT2D eigenvalue weighted by molar-refractivity contribution is 6.31. The lowest BCUT2D eigenvalue weighted by molar-refractivity contribution is -0.138. The minimum atomic E-state index is -1.34. The molecule has 3 nitrogen and oxygen atoms in total. The largest absolute Gasteiger partial charge is 0.481 e. The van der Waals surface area contributed by atoms with Gasteiger partial charge in [0.1, 0.15) is 11.6 Å². The summed E-state index contributed by atoms with van der Waals surface area (Å²) in [6.45, 7) is -0.352. The van der Waals surface area contributed by atoms with Crippen LogP contribution in [0.2, 0.25) is 5.02 Å². The van der Waals surface area contributed by atoms with Gasteiger partial charge in [-0.15, -0.1) is 0 Å². The van der Waals surface area contributed by atoms with E-state index in [2.05, 4.69) is 0 Å². The maximum Gasteiger partial charge on any atom is 0.312 e. The monoisotopic (exact) mass is 235 g/mol. The Kier molecular flexibility index (Phi) is 3.60. The van der Waals surface area contributed by atoms with E-state index in [4.69, 9.17) is 22.4 Å². The summed E-state index contributed by atoms with van der Waals surface area (Å²) >= 11 is 5.48. The van der Waals surface area contributed by atoms with Gasteiger partial charge in [-0.1, -0.05) is 11.6 Å². The lowest BCUT2D eigenvalue weighted by Crippen LogP contribution is -2.22. The molecule has 0 aliphatic rings. The summed E-state index contributed by atoms with van der Waals surface area (Å²) in [6, 6.07) is 1.65. The Morgan fingerprint density at radius 3 is 2.47 bits per heavy atom. The molecule has 0 radical (unpaired) electrons. The highest BCUT2D eigenvalue weighted by Crippen LogP contribution is 2.29. The molecule has 0 fully saturated rings. The zero-order valence-electron chi connectivity index (χ0n) is 7.51. The van der Waals surface area contributed by atoms with Gasteiger partial charge in [-0.3, -0.25) is 4.79 Å². The molecule has 3 N–H and O–H groups in total. The number of hydrogen-bond donors (Lipinski definition) is 2. The molecule has 1 aromatic rings. The van der Waals surface area contributed by atoms with Crippen molar-refractivity contribution in [1.82, 2.24) is 0 Å². The number of halogens is 3. The summed E-state index contributed by atoms with van der Waals surface area (Å²) in [4.78, 5) is 10.7. The molecule has 0 aromatic heterocycles. The van der Waals surface area contributed by atoms with E-state index in [1.54, 1.807) is 0 Å². The van der Waals surface area contributed by atoms with Crippen molar-refractivity contribution in [2.24, 2.45) is 5.73 Å². The molecule has 0 aliphatic heterocycles. The maximum atomic E-state index is 13.3. The fourth-order valence-electron chi connectivity index (χ4n) is 1.20. The predicted octanol–water partition coefficient (Wildman–Crippen LogP) is 1.75. The summed E-state index contributed by atoms with van der Waals surface area (Å²) in [5, 5.41) is 8.20. The van der Waals surface area contributed by atoms with Crippen molar-refractivity contribution in [2.75, 3.05) is 6.54 Å². The Hall–Kier alpha value is -1.20. The van der Waals surface area contributed by atoms with E-state index < -0.39 is 34.1 Å². The standard InChI is InChI=1S/C9H8ClF2NO2/c10-8-6(12)2-1-5(11)7(8)4(3-13)9(14)15/h1-2,4H,3,13H2,(H,14,15). The zero-order valence-corrected chi connectivity index (χ0v) is 8.26. The minimum Gasteiger partial charge on any atom is -0.481 e.